The zero-order chi connectivity index (χ0) is 39.3. The predicted octanol–water partition coefficient (Wildman–Crippen LogP) is 5.60. The van der Waals surface area contributed by atoms with Gasteiger partial charge in [0.2, 0.25) is 23.5 Å². The van der Waals surface area contributed by atoms with Crippen LogP contribution in [0.5, 0.6) is 0 Å². The van der Waals surface area contributed by atoms with E-state index < -0.39 is 52.6 Å². The number of amides is 4. The first-order valence-electron chi connectivity index (χ1n) is 19.6. The molecule has 3 aliphatic heterocycles. The number of hydrogen-bond acceptors (Lipinski definition) is 8. The number of likely N-dealkylation sites (tertiary alicyclic amines) is 1. The highest BCUT2D eigenvalue weighted by Crippen LogP contribution is 2.40. The number of aliphatic imine (C=N–C) groups is 1. The van der Waals surface area contributed by atoms with Crippen LogP contribution < -0.4 is 16.0 Å². The molecular weight excluding hydrogens is 720 g/mol. The molecule has 12 nitrogen and oxygen atoms in total. The lowest BCUT2D eigenvalue weighted by atomic mass is 9.84. The predicted molar refractivity (Wildman–Crippen MR) is 211 cm³/mol. The third-order valence-corrected chi connectivity index (χ3v) is 11.4. The number of benzene rings is 2. The van der Waals surface area contributed by atoms with Gasteiger partial charge in [0, 0.05) is 42.0 Å². The largest absolute Gasteiger partial charge is 0.387 e. The maximum absolute atomic E-state index is 14.7. The minimum atomic E-state index is -1.12. The van der Waals surface area contributed by atoms with E-state index in [9.17, 15) is 24.0 Å². The topological polar surface area (TPSA) is 159 Å². The first kappa shape index (κ1) is 40.1. The van der Waals surface area contributed by atoms with Crippen molar-refractivity contribution in [3.63, 3.8) is 0 Å². The molecular formula is C42H53ClN6O6. The Balaban J connectivity index is 1.19. The molecule has 55 heavy (non-hydrogen) atoms. The quantitative estimate of drug-likeness (QED) is 0.225. The lowest BCUT2D eigenvalue weighted by molar-refractivity contribution is -0.145. The van der Waals surface area contributed by atoms with Gasteiger partial charge in [-0.05, 0) is 54.4 Å². The van der Waals surface area contributed by atoms with Crippen LogP contribution in [0, 0.1) is 11.3 Å². The Bertz CT molecular complexity index is 1870. The second-order valence-corrected chi connectivity index (χ2v) is 17.1. The first-order valence-corrected chi connectivity index (χ1v) is 20.0. The lowest BCUT2D eigenvalue weighted by Gasteiger charge is -2.36. The van der Waals surface area contributed by atoms with E-state index in [1.165, 1.54) is 11.3 Å². The average molecular weight is 773 g/mol. The van der Waals surface area contributed by atoms with Crippen LogP contribution in [-0.2, 0) is 35.2 Å². The summed E-state index contributed by atoms with van der Waals surface area (Å²) >= 11 is 6.28. The average Bonchev–Trinajstić information content (AvgIpc) is 3.88. The molecule has 4 atom stereocenters. The van der Waals surface area contributed by atoms with Gasteiger partial charge >= 0.3 is 0 Å². The van der Waals surface area contributed by atoms with Crippen LogP contribution in [-0.4, -0.2) is 82.6 Å². The van der Waals surface area contributed by atoms with Crippen LogP contribution in [0.1, 0.15) is 103 Å². The van der Waals surface area contributed by atoms with E-state index in [4.69, 9.17) is 16.4 Å². The van der Waals surface area contributed by atoms with Gasteiger partial charge in [-0.3, -0.25) is 29.0 Å². The molecule has 3 heterocycles. The number of halogens is 1. The van der Waals surface area contributed by atoms with E-state index in [0.717, 1.165) is 48.2 Å². The summed E-state index contributed by atoms with van der Waals surface area (Å²) in [4.78, 5) is 81.4. The molecule has 1 spiro atoms. The van der Waals surface area contributed by atoms with Crippen LogP contribution in [0.25, 0.3) is 0 Å². The standard InChI is InChI=1S/C42H53ClN6O6/c1-5-12-32(36(51)39(53)44-24-30-21-28-15-9-10-18-31(28)45-30)46-38(52)34-23-42(22-33(48-55-42)27-16-11-17-29(43)20-27)25-49(34)40(54)37(41(2,3)4)47-35(50)19-26-13-7-6-8-14-26/h9-11,15-18,20,26,32,34,37H,5-8,12-14,19,21-25H2,1-4H3,(H,44,53)(H,46,52)(H,47,50)/t32-,34-,37+,42+/m0/s1. The number of carbonyl (C=O) groups is 5. The fourth-order valence-corrected chi connectivity index (χ4v) is 8.38. The summed E-state index contributed by atoms with van der Waals surface area (Å²) in [6.45, 7) is 7.64. The number of hydrogen-bond donors (Lipinski definition) is 3. The third kappa shape index (κ3) is 9.63. The summed E-state index contributed by atoms with van der Waals surface area (Å²) in [6.07, 6.45) is 7.40. The van der Waals surface area contributed by atoms with Gasteiger partial charge in [-0.25, -0.2) is 0 Å². The fraction of sp³-hybridized carbons (Fsp3) is 0.548. The molecule has 3 N–H and O–H groups in total. The third-order valence-electron chi connectivity index (χ3n) is 11.2. The summed E-state index contributed by atoms with van der Waals surface area (Å²) < 4.78 is 0. The summed E-state index contributed by atoms with van der Waals surface area (Å²) in [5.41, 5.74) is 2.30. The van der Waals surface area contributed by atoms with Crippen molar-refractivity contribution in [3.05, 3.63) is 64.7 Å². The highest BCUT2D eigenvalue weighted by Gasteiger charge is 2.55. The van der Waals surface area contributed by atoms with E-state index in [-0.39, 0.29) is 37.8 Å². The van der Waals surface area contributed by atoms with Gasteiger partial charge in [-0.15, -0.1) is 0 Å². The van der Waals surface area contributed by atoms with Gasteiger partial charge in [0.25, 0.3) is 5.91 Å². The van der Waals surface area contributed by atoms with Crippen LogP contribution in [0.4, 0.5) is 5.69 Å². The Labute approximate surface area is 328 Å². The number of nitrogens with zero attached hydrogens (tertiary/aromatic N) is 3. The Morgan fingerprint density at radius 3 is 2.49 bits per heavy atom. The van der Waals surface area contributed by atoms with Crippen molar-refractivity contribution in [2.24, 2.45) is 21.5 Å². The number of rotatable bonds is 13. The van der Waals surface area contributed by atoms with Crippen molar-refractivity contribution in [2.45, 2.75) is 122 Å². The lowest BCUT2D eigenvalue weighted by Crippen LogP contribution is -2.59. The number of nitrogens with one attached hydrogen (secondary N) is 3. The van der Waals surface area contributed by atoms with Crippen molar-refractivity contribution in [2.75, 3.05) is 13.1 Å². The van der Waals surface area contributed by atoms with E-state index in [1.807, 2.05) is 64.1 Å². The molecule has 2 aromatic rings. The number of Topliss-reactive ketones (excluding diaryl/α,β-unsaturated/α-hetero) is 1. The van der Waals surface area contributed by atoms with Crippen LogP contribution in [0.3, 0.4) is 0 Å². The van der Waals surface area contributed by atoms with E-state index in [1.54, 1.807) is 12.1 Å². The molecule has 0 unspecified atom stereocenters. The number of fused-ring (bicyclic) bond motifs is 1. The monoisotopic (exact) mass is 772 g/mol. The van der Waals surface area contributed by atoms with Crippen LogP contribution in [0.15, 0.2) is 58.7 Å². The van der Waals surface area contributed by atoms with Gasteiger partial charge < -0.3 is 25.7 Å². The van der Waals surface area contributed by atoms with Crippen molar-refractivity contribution < 1.29 is 28.8 Å². The molecule has 1 saturated carbocycles. The van der Waals surface area contributed by atoms with Crippen LogP contribution >= 0.6 is 11.6 Å². The van der Waals surface area contributed by atoms with E-state index in [2.05, 4.69) is 26.1 Å². The molecule has 294 valence electrons. The van der Waals surface area contributed by atoms with Crippen molar-refractivity contribution >= 4 is 58.1 Å². The van der Waals surface area contributed by atoms with Gasteiger partial charge in [0.05, 0.1) is 30.5 Å². The Morgan fingerprint density at radius 1 is 1.02 bits per heavy atom. The molecule has 2 fully saturated rings. The normalized spacial score (nSPS) is 21.9. The van der Waals surface area contributed by atoms with Gasteiger partial charge in [-0.2, -0.15) is 0 Å². The number of carbonyl (C=O) groups excluding carboxylic acids is 5. The van der Waals surface area contributed by atoms with Gasteiger partial charge in [0.1, 0.15) is 12.1 Å². The van der Waals surface area contributed by atoms with Crippen molar-refractivity contribution in [1.82, 2.24) is 20.9 Å². The molecule has 0 bridgehead atoms. The second kappa shape index (κ2) is 17.1. The maximum atomic E-state index is 14.7. The zero-order valence-corrected chi connectivity index (χ0v) is 33.0. The fourth-order valence-electron chi connectivity index (χ4n) is 8.19. The molecule has 13 heteroatoms. The SMILES string of the molecule is CCC[C@H](NC(=O)[C@@H]1C[C@]2(CC(c3cccc(Cl)c3)=NO2)CN1C(=O)[C@@H](NC(=O)CC1CCCCC1)C(C)(C)C)C(=O)C(=O)NCC1=Nc2ccccc2C1. The van der Waals surface area contributed by atoms with E-state index in [0.29, 0.717) is 36.4 Å². The molecule has 4 aliphatic rings. The van der Waals surface area contributed by atoms with Crippen molar-refractivity contribution in [1.29, 1.82) is 0 Å². The van der Waals surface area contributed by atoms with Crippen molar-refractivity contribution in [3.8, 4) is 0 Å². The van der Waals surface area contributed by atoms with Gasteiger partial charge in [0.15, 0.2) is 5.60 Å². The molecule has 6 rings (SSSR count). The summed E-state index contributed by atoms with van der Waals surface area (Å²) in [6, 6.07) is 11.8. The highest BCUT2D eigenvalue weighted by molar-refractivity contribution is 6.38. The highest BCUT2D eigenvalue weighted by atomic mass is 35.5. The van der Waals surface area contributed by atoms with Gasteiger partial charge in [-0.1, -0.05) is 100 Å². The first-order chi connectivity index (χ1) is 26.2. The molecule has 4 amide bonds. The summed E-state index contributed by atoms with van der Waals surface area (Å²) in [5.74, 6) is -2.51. The second-order valence-electron chi connectivity index (χ2n) is 16.6. The minimum absolute atomic E-state index is 0.0277. The Hall–Kier alpha value is -4.58. The van der Waals surface area contributed by atoms with E-state index >= 15 is 0 Å². The maximum Gasteiger partial charge on any atom is 0.289 e. The Kier molecular flexibility index (Phi) is 12.4. The molecule has 1 aliphatic carbocycles. The minimum Gasteiger partial charge on any atom is -0.387 e. The number of ketones is 1. The van der Waals surface area contributed by atoms with Crippen LogP contribution in [0.2, 0.25) is 5.02 Å². The molecule has 1 saturated heterocycles. The molecule has 2 aromatic carbocycles. The number of oxime groups is 1. The summed E-state index contributed by atoms with van der Waals surface area (Å²) in [5, 5.41) is 13.5. The molecule has 0 radical (unpaired) electrons. The smallest absolute Gasteiger partial charge is 0.289 e. The molecule has 0 aromatic heterocycles. The number of para-hydroxylation sites is 1. The zero-order valence-electron chi connectivity index (χ0n) is 32.3. The summed E-state index contributed by atoms with van der Waals surface area (Å²) in [7, 11) is 0. The Morgan fingerprint density at radius 2 is 1.78 bits per heavy atom.